The number of nitrogens with two attached hydrogens (primary N) is 1. The molecule has 0 amide bonds. The highest BCUT2D eigenvalue weighted by molar-refractivity contribution is 5.50. The molecule has 104 valence electrons. The summed E-state index contributed by atoms with van der Waals surface area (Å²) in [5.41, 5.74) is 8.34. The van der Waals surface area contributed by atoms with Gasteiger partial charge in [-0.15, -0.1) is 0 Å². The lowest BCUT2D eigenvalue weighted by atomic mass is 9.96. The summed E-state index contributed by atoms with van der Waals surface area (Å²) in [5.74, 6) is 0. The summed E-state index contributed by atoms with van der Waals surface area (Å²) in [6.45, 7) is 6.66. The summed E-state index contributed by atoms with van der Waals surface area (Å²) >= 11 is 0. The van der Waals surface area contributed by atoms with Crippen LogP contribution < -0.4 is 10.6 Å². The predicted molar refractivity (Wildman–Crippen MR) is 80.4 cm³/mol. The first-order valence-corrected chi connectivity index (χ1v) is 7.57. The monoisotopic (exact) mass is 259 g/mol. The number of nitrogens with zero attached hydrogens (tertiary/aromatic N) is 2. The largest absolute Gasteiger partial charge is 0.366 e. The molecule has 2 aliphatic rings. The van der Waals surface area contributed by atoms with E-state index >= 15 is 0 Å². The van der Waals surface area contributed by atoms with Crippen molar-refractivity contribution in [1.29, 1.82) is 0 Å². The summed E-state index contributed by atoms with van der Waals surface area (Å²) in [6, 6.07) is 10.1. The van der Waals surface area contributed by atoms with Gasteiger partial charge >= 0.3 is 0 Å². The topological polar surface area (TPSA) is 32.5 Å². The van der Waals surface area contributed by atoms with E-state index in [0.29, 0.717) is 12.6 Å². The van der Waals surface area contributed by atoms with Crippen LogP contribution in [0.3, 0.4) is 0 Å². The highest BCUT2D eigenvalue weighted by Gasteiger charge is 2.32. The molecule has 3 rings (SSSR count). The maximum absolute atomic E-state index is 5.76. The molecular formula is C16H25N3. The lowest BCUT2D eigenvalue weighted by molar-refractivity contribution is 0.115. The van der Waals surface area contributed by atoms with E-state index in [1.165, 1.54) is 50.1 Å². The SMILES string of the molecule is CC1CN2CCCCC2CN1c1cccc(CN)c1. The van der Waals surface area contributed by atoms with Crippen LogP contribution in [-0.4, -0.2) is 36.6 Å². The molecule has 0 radical (unpaired) electrons. The second-order valence-electron chi connectivity index (χ2n) is 6.02. The normalized spacial score (nSPS) is 28.2. The van der Waals surface area contributed by atoms with Crippen LogP contribution in [0.15, 0.2) is 24.3 Å². The average Bonchev–Trinajstić information content (AvgIpc) is 2.46. The van der Waals surface area contributed by atoms with E-state index in [9.17, 15) is 0 Å². The Hall–Kier alpha value is -1.06. The molecule has 0 aliphatic carbocycles. The average molecular weight is 259 g/mol. The van der Waals surface area contributed by atoms with Gasteiger partial charge in [-0.25, -0.2) is 0 Å². The van der Waals surface area contributed by atoms with Crippen molar-refractivity contribution in [1.82, 2.24) is 4.90 Å². The Labute approximate surface area is 116 Å². The van der Waals surface area contributed by atoms with Crippen LogP contribution in [0.4, 0.5) is 5.69 Å². The molecule has 0 aromatic heterocycles. The summed E-state index contributed by atoms with van der Waals surface area (Å²) in [6.07, 6.45) is 4.14. The summed E-state index contributed by atoms with van der Waals surface area (Å²) in [5, 5.41) is 0. The van der Waals surface area contributed by atoms with Gasteiger partial charge in [0.15, 0.2) is 0 Å². The Morgan fingerprint density at radius 2 is 2.16 bits per heavy atom. The number of anilines is 1. The van der Waals surface area contributed by atoms with Crippen LogP contribution in [0, 0.1) is 0 Å². The quantitative estimate of drug-likeness (QED) is 0.884. The lowest BCUT2D eigenvalue weighted by Crippen LogP contribution is -2.58. The minimum atomic E-state index is 0.599. The predicted octanol–water partition coefficient (Wildman–Crippen LogP) is 2.21. The number of piperazine rings is 1. The van der Waals surface area contributed by atoms with Gasteiger partial charge in [0.05, 0.1) is 0 Å². The summed E-state index contributed by atoms with van der Waals surface area (Å²) in [7, 11) is 0. The van der Waals surface area contributed by atoms with Crippen molar-refractivity contribution >= 4 is 5.69 Å². The van der Waals surface area contributed by atoms with E-state index in [2.05, 4.69) is 41.0 Å². The van der Waals surface area contributed by atoms with Crippen molar-refractivity contribution in [3.63, 3.8) is 0 Å². The maximum Gasteiger partial charge on any atom is 0.0389 e. The maximum atomic E-state index is 5.76. The fraction of sp³-hybridized carbons (Fsp3) is 0.625. The summed E-state index contributed by atoms with van der Waals surface area (Å²) in [4.78, 5) is 5.27. The molecule has 0 spiro atoms. The zero-order valence-corrected chi connectivity index (χ0v) is 11.9. The van der Waals surface area contributed by atoms with Crippen LogP contribution in [0.5, 0.6) is 0 Å². The molecule has 0 bridgehead atoms. The number of rotatable bonds is 2. The Morgan fingerprint density at radius 1 is 1.26 bits per heavy atom. The van der Waals surface area contributed by atoms with Crippen molar-refractivity contribution < 1.29 is 0 Å². The van der Waals surface area contributed by atoms with Crippen LogP contribution >= 0.6 is 0 Å². The van der Waals surface area contributed by atoms with Crippen LogP contribution in [-0.2, 0) is 6.54 Å². The molecule has 2 fully saturated rings. The van der Waals surface area contributed by atoms with Crippen molar-refractivity contribution in [2.45, 2.75) is 44.8 Å². The molecule has 19 heavy (non-hydrogen) atoms. The number of benzene rings is 1. The van der Waals surface area contributed by atoms with Crippen LogP contribution in [0.2, 0.25) is 0 Å². The van der Waals surface area contributed by atoms with Crippen molar-refractivity contribution in [2.24, 2.45) is 5.73 Å². The van der Waals surface area contributed by atoms with E-state index in [-0.39, 0.29) is 0 Å². The lowest BCUT2D eigenvalue weighted by Gasteiger charge is -2.48. The highest BCUT2D eigenvalue weighted by Crippen LogP contribution is 2.28. The van der Waals surface area contributed by atoms with Gasteiger partial charge in [0.2, 0.25) is 0 Å². The van der Waals surface area contributed by atoms with Crippen molar-refractivity contribution in [3.8, 4) is 0 Å². The first-order valence-electron chi connectivity index (χ1n) is 7.57. The minimum Gasteiger partial charge on any atom is -0.366 e. The third kappa shape index (κ3) is 2.63. The fourth-order valence-corrected chi connectivity index (χ4v) is 3.57. The first-order chi connectivity index (χ1) is 9.28. The second kappa shape index (κ2) is 5.51. The van der Waals surface area contributed by atoms with Gasteiger partial charge < -0.3 is 10.6 Å². The Bertz CT molecular complexity index is 432. The van der Waals surface area contributed by atoms with Gasteiger partial charge in [-0.1, -0.05) is 18.6 Å². The van der Waals surface area contributed by atoms with Gasteiger partial charge in [-0.3, -0.25) is 4.90 Å². The molecular weight excluding hydrogens is 234 g/mol. The van der Waals surface area contributed by atoms with Crippen LogP contribution in [0.1, 0.15) is 31.7 Å². The number of hydrogen-bond donors (Lipinski definition) is 1. The zero-order valence-electron chi connectivity index (χ0n) is 11.9. The van der Waals surface area contributed by atoms with Gasteiger partial charge in [0.1, 0.15) is 0 Å². The van der Waals surface area contributed by atoms with Gasteiger partial charge in [-0.05, 0) is 44.0 Å². The minimum absolute atomic E-state index is 0.599. The molecule has 2 saturated heterocycles. The van der Waals surface area contributed by atoms with Gasteiger partial charge in [0.25, 0.3) is 0 Å². The van der Waals surface area contributed by atoms with Gasteiger partial charge in [0, 0.05) is 37.4 Å². The van der Waals surface area contributed by atoms with Crippen molar-refractivity contribution in [2.75, 3.05) is 24.5 Å². The second-order valence-corrected chi connectivity index (χ2v) is 6.02. The number of piperidine rings is 1. The third-order valence-electron chi connectivity index (χ3n) is 4.67. The third-order valence-corrected chi connectivity index (χ3v) is 4.67. The molecule has 2 atom stereocenters. The van der Waals surface area contributed by atoms with E-state index in [1.807, 2.05) is 0 Å². The zero-order chi connectivity index (χ0) is 13.2. The molecule has 0 saturated carbocycles. The fourth-order valence-electron chi connectivity index (χ4n) is 3.57. The van der Waals surface area contributed by atoms with E-state index in [0.717, 1.165) is 6.04 Å². The Morgan fingerprint density at radius 3 is 3.00 bits per heavy atom. The van der Waals surface area contributed by atoms with E-state index < -0.39 is 0 Å². The van der Waals surface area contributed by atoms with Gasteiger partial charge in [-0.2, -0.15) is 0 Å². The van der Waals surface area contributed by atoms with Crippen molar-refractivity contribution in [3.05, 3.63) is 29.8 Å². The molecule has 3 nitrogen and oxygen atoms in total. The Kier molecular flexibility index (Phi) is 3.76. The first kappa shape index (κ1) is 12.9. The van der Waals surface area contributed by atoms with E-state index in [4.69, 9.17) is 5.73 Å². The molecule has 1 aromatic rings. The number of hydrogen-bond acceptors (Lipinski definition) is 3. The van der Waals surface area contributed by atoms with Crippen LogP contribution in [0.25, 0.3) is 0 Å². The molecule has 1 aromatic carbocycles. The number of fused-ring (bicyclic) bond motifs is 1. The highest BCUT2D eigenvalue weighted by atomic mass is 15.3. The smallest absolute Gasteiger partial charge is 0.0389 e. The molecule has 3 heteroatoms. The molecule has 2 N–H and O–H groups in total. The Balaban J connectivity index is 1.79. The molecule has 2 aliphatic heterocycles. The standard InChI is InChI=1S/C16H25N3/c1-13-11-18-8-3-2-6-16(18)12-19(13)15-7-4-5-14(9-15)10-17/h4-5,7,9,13,16H,2-3,6,8,10-12,17H2,1H3. The molecule has 2 heterocycles. The van der Waals surface area contributed by atoms with E-state index in [1.54, 1.807) is 0 Å². The summed E-state index contributed by atoms with van der Waals surface area (Å²) < 4.78 is 0. The molecule has 2 unspecified atom stereocenters.